The number of nitrogen functional groups attached to an aromatic ring is 1. The number of aliphatic hydroxyl groups excluding tert-OH is 1. The Labute approximate surface area is 99.3 Å². The molecule has 1 atom stereocenters. The summed E-state index contributed by atoms with van der Waals surface area (Å²) in [7, 11) is -3.71. The molecule has 0 saturated heterocycles. The topological polar surface area (TPSA) is 92.4 Å². The summed E-state index contributed by atoms with van der Waals surface area (Å²) in [6, 6.07) is 3.56. The van der Waals surface area contributed by atoms with Gasteiger partial charge in [-0.2, -0.15) is 0 Å². The van der Waals surface area contributed by atoms with Crippen molar-refractivity contribution >= 4 is 27.3 Å². The zero-order valence-corrected chi connectivity index (χ0v) is 10.2. The molecule has 0 aliphatic rings. The summed E-state index contributed by atoms with van der Waals surface area (Å²) in [6.07, 6.45) is 0. The maximum atomic E-state index is 11.8. The van der Waals surface area contributed by atoms with Gasteiger partial charge in [-0.05, 0) is 25.1 Å². The van der Waals surface area contributed by atoms with E-state index in [2.05, 4.69) is 4.72 Å². The van der Waals surface area contributed by atoms with Crippen LogP contribution in [-0.4, -0.2) is 26.2 Å². The van der Waals surface area contributed by atoms with Crippen molar-refractivity contribution in [3.8, 4) is 0 Å². The van der Waals surface area contributed by atoms with Crippen molar-refractivity contribution in [2.24, 2.45) is 0 Å². The zero-order chi connectivity index (χ0) is 12.3. The molecule has 0 radical (unpaired) electrons. The Balaban J connectivity index is 3.08. The third-order valence-electron chi connectivity index (χ3n) is 1.89. The molecule has 0 aliphatic heterocycles. The smallest absolute Gasteiger partial charge is 0.242 e. The molecule has 1 unspecified atom stereocenters. The first-order valence-electron chi connectivity index (χ1n) is 4.55. The fraction of sp³-hybridized carbons (Fsp3) is 0.333. The van der Waals surface area contributed by atoms with Gasteiger partial charge in [-0.25, -0.2) is 13.1 Å². The van der Waals surface area contributed by atoms with Crippen LogP contribution in [0.2, 0.25) is 5.02 Å². The van der Waals surface area contributed by atoms with E-state index in [1.165, 1.54) is 18.2 Å². The third-order valence-corrected chi connectivity index (χ3v) is 3.79. The minimum absolute atomic E-state index is 0.0443. The molecule has 0 saturated carbocycles. The van der Waals surface area contributed by atoms with Gasteiger partial charge in [0.15, 0.2) is 0 Å². The minimum Gasteiger partial charge on any atom is -0.398 e. The first-order valence-corrected chi connectivity index (χ1v) is 6.41. The molecule has 4 N–H and O–H groups in total. The lowest BCUT2D eigenvalue weighted by molar-refractivity contribution is 0.265. The van der Waals surface area contributed by atoms with Gasteiger partial charge >= 0.3 is 0 Å². The van der Waals surface area contributed by atoms with Crippen molar-refractivity contribution in [3.05, 3.63) is 23.2 Å². The second-order valence-corrected chi connectivity index (χ2v) is 5.51. The second kappa shape index (κ2) is 5.01. The highest BCUT2D eigenvalue weighted by Gasteiger charge is 2.19. The standard InChI is InChI=1S/C9H13ClN2O3S/c1-6(5-13)12-16(14,15)9-3-2-7(10)4-8(9)11/h2-4,6,12-13H,5,11H2,1H3. The predicted molar refractivity (Wildman–Crippen MR) is 62.7 cm³/mol. The van der Waals surface area contributed by atoms with Gasteiger partial charge in [0.05, 0.1) is 12.3 Å². The molecule has 1 aromatic carbocycles. The summed E-state index contributed by atoms with van der Waals surface area (Å²) in [4.78, 5) is -0.0443. The molecule has 0 aromatic heterocycles. The van der Waals surface area contributed by atoms with Crippen LogP contribution in [0.1, 0.15) is 6.92 Å². The Morgan fingerprint density at radius 1 is 1.56 bits per heavy atom. The van der Waals surface area contributed by atoms with E-state index in [1.54, 1.807) is 6.92 Å². The van der Waals surface area contributed by atoms with E-state index in [4.69, 9.17) is 22.4 Å². The van der Waals surface area contributed by atoms with Crippen LogP contribution in [0.3, 0.4) is 0 Å². The Bertz CT molecular complexity index is 476. The van der Waals surface area contributed by atoms with Crippen molar-refractivity contribution in [1.29, 1.82) is 0 Å². The minimum atomic E-state index is -3.71. The zero-order valence-electron chi connectivity index (χ0n) is 8.64. The lowest BCUT2D eigenvalue weighted by Gasteiger charge is -2.13. The van der Waals surface area contributed by atoms with E-state index in [0.29, 0.717) is 5.02 Å². The van der Waals surface area contributed by atoms with Crippen molar-refractivity contribution in [1.82, 2.24) is 4.72 Å². The molecule has 0 heterocycles. The van der Waals surface area contributed by atoms with Crippen molar-refractivity contribution in [2.45, 2.75) is 17.9 Å². The SMILES string of the molecule is CC(CO)NS(=O)(=O)c1ccc(Cl)cc1N. The Hall–Kier alpha value is -0.820. The van der Waals surface area contributed by atoms with Gasteiger partial charge in [0.1, 0.15) is 4.90 Å². The highest BCUT2D eigenvalue weighted by atomic mass is 35.5. The van der Waals surface area contributed by atoms with Gasteiger partial charge in [-0.3, -0.25) is 0 Å². The molecule has 0 fully saturated rings. The fourth-order valence-corrected chi connectivity index (χ4v) is 2.66. The lowest BCUT2D eigenvalue weighted by Crippen LogP contribution is -2.35. The molecule has 5 nitrogen and oxygen atoms in total. The lowest BCUT2D eigenvalue weighted by atomic mass is 10.3. The molecule has 7 heteroatoms. The van der Waals surface area contributed by atoms with Gasteiger partial charge < -0.3 is 10.8 Å². The van der Waals surface area contributed by atoms with Gasteiger partial charge in [0.2, 0.25) is 10.0 Å². The van der Waals surface area contributed by atoms with Crippen molar-refractivity contribution < 1.29 is 13.5 Å². The number of hydrogen-bond donors (Lipinski definition) is 3. The number of sulfonamides is 1. The average Bonchev–Trinajstić information content (AvgIpc) is 2.16. The summed E-state index contributed by atoms with van der Waals surface area (Å²) in [5.41, 5.74) is 5.63. The van der Waals surface area contributed by atoms with Crippen LogP contribution >= 0.6 is 11.6 Å². The molecule has 0 amide bonds. The maximum absolute atomic E-state index is 11.8. The van der Waals surface area contributed by atoms with Crippen LogP contribution in [0.15, 0.2) is 23.1 Å². The molecule has 0 spiro atoms. The molecular weight excluding hydrogens is 252 g/mol. The molecule has 0 bridgehead atoms. The number of anilines is 1. The van der Waals surface area contributed by atoms with Crippen LogP contribution in [0.5, 0.6) is 0 Å². The largest absolute Gasteiger partial charge is 0.398 e. The molecule has 1 rings (SSSR count). The third kappa shape index (κ3) is 3.08. The van der Waals surface area contributed by atoms with Crippen LogP contribution in [0.4, 0.5) is 5.69 Å². The monoisotopic (exact) mass is 264 g/mol. The van der Waals surface area contributed by atoms with Gasteiger partial charge in [-0.15, -0.1) is 0 Å². The normalized spacial score (nSPS) is 13.7. The first-order chi connectivity index (χ1) is 7.36. The number of aliphatic hydroxyl groups is 1. The van der Waals surface area contributed by atoms with Crippen LogP contribution in [-0.2, 0) is 10.0 Å². The number of halogens is 1. The summed E-state index contributed by atoms with van der Waals surface area (Å²) >= 11 is 5.66. The van der Waals surface area contributed by atoms with E-state index in [9.17, 15) is 8.42 Å². The Morgan fingerprint density at radius 2 is 2.19 bits per heavy atom. The summed E-state index contributed by atoms with van der Waals surface area (Å²) in [6.45, 7) is 1.26. The summed E-state index contributed by atoms with van der Waals surface area (Å²) in [5, 5.41) is 9.15. The molecule has 90 valence electrons. The van der Waals surface area contributed by atoms with Gasteiger partial charge in [-0.1, -0.05) is 11.6 Å². The highest BCUT2D eigenvalue weighted by Crippen LogP contribution is 2.22. The summed E-state index contributed by atoms with van der Waals surface area (Å²) in [5.74, 6) is 0. The molecule has 16 heavy (non-hydrogen) atoms. The van der Waals surface area contributed by atoms with E-state index < -0.39 is 16.1 Å². The van der Waals surface area contributed by atoms with E-state index in [1.807, 2.05) is 0 Å². The average molecular weight is 265 g/mol. The maximum Gasteiger partial charge on any atom is 0.242 e. The highest BCUT2D eigenvalue weighted by molar-refractivity contribution is 7.89. The Kier molecular flexibility index (Phi) is 4.15. The molecule has 1 aromatic rings. The second-order valence-electron chi connectivity index (χ2n) is 3.39. The van der Waals surface area contributed by atoms with Crippen molar-refractivity contribution in [2.75, 3.05) is 12.3 Å². The van der Waals surface area contributed by atoms with Crippen molar-refractivity contribution in [3.63, 3.8) is 0 Å². The number of nitrogens with one attached hydrogen (secondary N) is 1. The van der Waals surface area contributed by atoms with Gasteiger partial charge in [0, 0.05) is 11.1 Å². The van der Waals surface area contributed by atoms with Crippen LogP contribution in [0.25, 0.3) is 0 Å². The number of nitrogens with two attached hydrogens (primary N) is 1. The fourth-order valence-electron chi connectivity index (χ4n) is 1.13. The van der Waals surface area contributed by atoms with E-state index >= 15 is 0 Å². The van der Waals surface area contributed by atoms with E-state index in [0.717, 1.165) is 0 Å². The number of rotatable bonds is 4. The van der Waals surface area contributed by atoms with Gasteiger partial charge in [0.25, 0.3) is 0 Å². The first kappa shape index (κ1) is 13.2. The predicted octanol–water partition coefficient (Wildman–Crippen LogP) is 0.581. The number of benzene rings is 1. The quantitative estimate of drug-likeness (QED) is 0.694. The molecule has 0 aliphatic carbocycles. The van der Waals surface area contributed by atoms with E-state index in [-0.39, 0.29) is 17.2 Å². The van der Waals surface area contributed by atoms with Crippen LogP contribution in [0, 0.1) is 0 Å². The number of hydrogen-bond acceptors (Lipinski definition) is 4. The molecular formula is C9H13ClN2O3S. The summed E-state index contributed by atoms with van der Waals surface area (Å²) < 4.78 is 25.9. The Morgan fingerprint density at radius 3 is 2.69 bits per heavy atom. The van der Waals surface area contributed by atoms with Crippen LogP contribution < -0.4 is 10.5 Å².